The Kier molecular flexibility index (Phi) is 3.88. The van der Waals surface area contributed by atoms with E-state index in [2.05, 4.69) is 38.1 Å². The highest BCUT2D eigenvalue weighted by Crippen LogP contribution is 2.44. The Morgan fingerprint density at radius 1 is 0.593 bits per heavy atom. The van der Waals surface area contributed by atoms with Gasteiger partial charge in [0.05, 0.1) is 0 Å². The Balaban J connectivity index is 2.10. The zero-order valence-corrected chi connectivity index (χ0v) is 16.2. The third-order valence-corrected chi connectivity index (χ3v) is 5.76. The highest BCUT2D eigenvalue weighted by Gasteiger charge is 2.29. The Bertz CT molecular complexity index is 1090. The first-order chi connectivity index (χ1) is 12.8. The van der Waals surface area contributed by atoms with Gasteiger partial charge in [-0.3, -0.25) is 0 Å². The molecule has 4 aromatic carbocycles. The second kappa shape index (κ2) is 6.02. The van der Waals surface area contributed by atoms with Gasteiger partial charge in [0.25, 0.3) is 0 Å². The Morgan fingerprint density at radius 3 is 1.30 bits per heavy atom. The average molecular weight is 356 g/mol. The van der Waals surface area contributed by atoms with E-state index < -0.39 is 0 Å². The molecule has 2 heteroatoms. The van der Waals surface area contributed by atoms with Gasteiger partial charge >= 0.3 is 0 Å². The molecule has 0 heterocycles. The van der Waals surface area contributed by atoms with Crippen molar-refractivity contribution in [3.63, 3.8) is 0 Å². The van der Waals surface area contributed by atoms with Crippen molar-refractivity contribution >= 4 is 21.5 Å². The fourth-order valence-electron chi connectivity index (χ4n) is 4.18. The summed E-state index contributed by atoms with van der Waals surface area (Å²) in [7, 11) is 0. The van der Waals surface area contributed by atoms with Gasteiger partial charge in [-0.05, 0) is 46.9 Å². The van der Waals surface area contributed by atoms with Crippen LogP contribution in [0.3, 0.4) is 0 Å². The van der Waals surface area contributed by atoms with Crippen LogP contribution in [0.1, 0.15) is 36.1 Å². The molecular formula is C25H24O2. The van der Waals surface area contributed by atoms with E-state index in [0.717, 1.165) is 32.7 Å². The van der Waals surface area contributed by atoms with Crippen molar-refractivity contribution in [2.24, 2.45) is 0 Å². The summed E-state index contributed by atoms with van der Waals surface area (Å²) in [6, 6.07) is 20.2. The van der Waals surface area contributed by atoms with Gasteiger partial charge in [-0.1, -0.05) is 74.5 Å². The van der Waals surface area contributed by atoms with E-state index in [1.54, 1.807) is 0 Å². The first-order valence-electron chi connectivity index (χ1n) is 9.26. The van der Waals surface area contributed by atoms with Crippen LogP contribution in [-0.4, -0.2) is 10.2 Å². The summed E-state index contributed by atoms with van der Waals surface area (Å²) in [5.41, 5.74) is 3.77. The second-order valence-corrected chi connectivity index (χ2v) is 7.90. The van der Waals surface area contributed by atoms with Crippen LogP contribution in [0, 0.1) is 13.8 Å². The molecule has 0 bridgehead atoms. The molecule has 0 fully saturated rings. The molecule has 2 N–H and O–H groups in total. The molecule has 0 aromatic heterocycles. The van der Waals surface area contributed by atoms with E-state index in [1.165, 1.54) is 11.1 Å². The van der Waals surface area contributed by atoms with Gasteiger partial charge in [0.15, 0.2) is 0 Å². The SMILES string of the molecule is Cc1cc(C(C)(C)c2cc(C)c(O)c3ccccc23)c2ccccc2c1O. The maximum atomic E-state index is 10.5. The largest absolute Gasteiger partial charge is 0.507 e. The number of aromatic hydroxyl groups is 2. The molecule has 2 nitrogen and oxygen atoms in total. The highest BCUT2D eigenvalue weighted by atomic mass is 16.3. The van der Waals surface area contributed by atoms with Crippen molar-refractivity contribution in [1.29, 1.82) is 0 Å². The number of rotatable bonds is 2. The van der Waals surface area contributed by atoms with E-state index in [0.29, 0.717) is 11.5 Å². The van der Waals surface area contributed by atoms with E-state index in [-0.39, 0.29) is 5.41 Å². The quantitative estimate of drug-likeness (QED) is 0.439. The van der Waals surface area contributed by atoms with Crippen molar-refractivity contribution in [2.45, 2.75) is 33.1 Å². The minimum atomic E-state index is -0.309. The van der Waals surface area contributed by atoms with Crippen LogP contribution in [0.15, 0.2) is 60.7 Å². The Hall–Kier alpha value is -3.00. The van der Waals surface area contributed by atoms with E-state index in [9.17, 15) is 10.2 Å². The third-order valence-electron chi connectivity index (χ3n) is 5.76. The zero-order valence-electron chi connectivity index (χ0n) is 16.2. The smallest absolute Gasteiger partial charge is 0.126 e. The molecule has 0 aliphatic carbocycles. The normalized spacial score (nSPS) is 12.0. The van der Waals surface area contributed by atoms with Crippen LogP contribution < -0.4 is 0 Å². The van der Waals surface area contributed by atoms with Crippen LogP contribution in [-0.2, 0) is 5.41 Å². The Morgan fingerprint density at radius 2 is 0.926 bits per heavy atom. The molecule has 0 atom stereocenters. The van der Waals surface area contributed by atoms with Crippen LogP contribution in [0.2, 0.25) is 0 Å². The predicted molar refractivity (Wildman–Crippen MR) is 113 cm³/mol. The summed E-state index contributed by atoms with van der Waals surface area (Å²) in [5.74, 6) is 0.689. The molecule has 0 aliphatic rings. The van der Waals surface area contributed by atoms with Gasteiger partial charge < -0.3 is 10.2 Å². The maximum absolute atomic E-state index is 10.5. The number of fused-ring (bicyclic) bond motifs is 2. The van der Waals surface area contributed by atoms with Gasteiger partial charge in [0.2, 0.25) is 0 Å². The molecule has 0 aliphatic heterocycles. The maximum Gasteiger partial charge on any atom is 0.126 e. The van der Waals surface area contributed by atoms with Crippen molar-refractivity contribution < 1.29 is 10.2 Å². The molecule has 27 heavy (non-hydrogen) atoms. The monoisotopic (exact) mass is 356 g/mol. The van der Waals surface area contributed by atoms with Crippen LogP contribution in [0.4, 0.5) is 0 Å². The summed E-state index contributed by atoms with van der Waals surface area (Å²) < 4.78 is 0. The summed E-state index contributed by atoms with van der Waals surface area (Å²) in [4.78, 5) is 0. The van der Waals surface area contributed by atoms with Crippen molar-refractivity contribution in [3.8, 4) is 11.5 Å². The van der Waals surface area contributed by atoms with Gasteiger partial charge in [-0.2, -0.15) is 0 Å². The fraction of sp³-hybridized carbons (Fsp3) is 0.200. The lowest BCUT2D eigenvalue weighted by Gasteiger charge is -2.30. The lowest BCUT2D eigenvalue weighted by atomic mass is 9.73. The summed E-state index contributed by atoms with van der Waals surface area (Å²) >= 11 is 0. The van der Waals surface area contributed by atoms with Crippen LogP contribution in [0.5, 0.6) is 11.5 Å². The van der Waals surface area contributed by atoms with Gasteiger partial charge in [0, 0.05) is 16.2 Å². The van der Waals surface area contributed by atoms with E-state index >= 15 is 0 Å². The van der Waals surface area contributed by atoms with Gasteiger partial charge in [-0.25, -0.2) is 0 Å². The lowest BCUT2D eigenvalue weighted by molar-refractivity contribution is 0.476. The van der Waals surface area contributed by atoms with Gasteiger partial charge in [-0.15, -0.1) is 0 Å². The molecule has 4 rings (SSSR count). The third kappa shape index (κ3) is 2.56. The standard InChI is InChI=1S/C25H24O2/c1-15-13-21(17-9-5-7-11-19(17)23(15)26)25(3,4)22-14-16(2)24(27)20-12-8-6-10-18(20)22/h5-14,26-27H,1-4H3. The number of phenols is 2. The number of hydrogen-bond acceptors (Lipinski definition) is 2. The molecule has 0 amide bonds. The van der Waals surface area contributed by atoms with Crippen molar-refractivity contribution in [3.05, 3.63) is 82.9 Å². The van der Waals surface area contributed by atoms with Crippen molar-refractivity contribution in [1.82, 2.24) is 0 Å². The zero-order chi connectivity index (χ0) is 19.3. The predicted octanol–water partition coefficient (Wildman–Crippen LogP) is 6.35. The molecular weight excluding hydrogens is 332 g/mol. The number of phenolic OH excluding ortho intramolecular Hbond substituents is 2. The first kappa shape index (κ1) is 17.4. The summed E-state index contributed by atoms with van der Waals surface area (Å²) in [6.45, 7) is 8.32. The van der Waals surface area contributed by atoms with E-state index in [4.69, 9.17) is 0 Å². The van der Waals surface area contributed by atoms with Crippen molar-refractivity contribution in [2.75, 3.05) is 0 Å². The molecule has 0 spiro atoms. The number of aryl methyl sites for hydroxylation is 2. The van der Waals surface area contributed by atoms with E-state index in [1.807, 2.05) is 50.2 Å². The average Bonchev–Trinajstić information content (AvgIpc) is 2.67. The molecule has 0 saturated carbocycles. The van der Waals surface area contributed by atoms with Gasteiger partial charge in [0.1, 0.15) is 11.5 Å². The number of benzene rings is 4. The summed E-state index contributed by atoms with van der Waals surface area (Å²) in [6.07, 6.45) is 0. The van der Waals surface area contributed by atoms with Crippen LogP contribution >= 0.6 is 0 Å². The number of hydrogen-bond donors (Lipinski definition) is 2. The fourth-order valence-corrected chi connectivity index (χ4v) is 4.18. The molecule has 0 saturated heterocycles. The molecule has 0 unspecified atom stereocenters. The topological polar surface area (TPSA) is 40.5 Å². The Labute approximate surface area is 159 Å². The molecule has 136 valence electrons. The highest BCUT2D eigenvalue weighted by molar-refractivity contribution is 5.96. The molecule has 0 radical (unpaired) electrons. The molecule has 4 aromatic rings. The van der Waals surface area contributed by atoms with Crippen LogP contribution in [0.25, 0.3) is 21.5 Å². The minimum absolute atomic E-state index is 0.309. The second-order valence-electron chi connectivity index (χ2n) is 7.90. The summed E-state index contributed by atoms with van der Waals surface area (Å²) in [5, 5.41) is 24.9. The lowest BCUT2D eigenvalue weighted by Crippen LogP contribution is -2.20. The minimum Gasteiger partial charge on any atom is -0.507 e. The first-order valence-corrected chi connectivity index (χ1v) is 9.26.